The Morgan fingerprint density at radius 1 is 1.25 bits per heavy atom. The van der Waals surface area contributed by atoms with Crippen molar-refractivity contribution in [3.63, 3.8) is 0 Å². The smallest absolute Gasteiger partial charge is 0.171 e. The molecular formula is C13H14N2O. The number of benzene rings is 1. The van der Waals surface area contributed by atoms with Gasteiger partial charge in [0.1, 0.15) is 0 Å². The molecular weight excluding hydrogens is 200 g/mol. The summed E-state index contributed by atoms with van der Waals surface area (Å²) in [5, 5.41) is 4.17. The van der Waals surface area contributed by atoms with E-state index < -0.39 is 0 Å². The standard InChI is InChI=1S/C13H14N2O/c1-15-8-7-12-11(9-15)13(16-14-12)10-5-3-2-4-6-10/h2-6H,7-9H2,1H3. The molecule has 0 fully saturated rings. The first-order valence-corrected chi connectivity index (χ1v) is 5.56. The van der Waals surface area contributed by atoms with Crippen molar-refractivity contribution in [1.82, 2.24) is 10.1 Å². The molecule has 0 radical (unpaired) electrons. The molecule has 1 aromatic heterocycles. The van der Waals surface area contributed by atoms with E-state index in [1.54, 1.807) is 0 Å². The Balaban J connectivity index is 2.07. The van der Waals surface area contributed by atoms with Gasteiger partial charge in [0.25, 0.3) is 0 Å². The van der Waals surface area contributed by atoms with Crippen LogP contribution in [0.4, 0.5) is 0 Å². The van der Waals surface area contributed by atoms with Crippen LogP contribution in [-0.4, -0.2) is 23.6 Å². The highest BCUT2D eigenvalue weighted by Crippen LogP contribution is 2.29. The van der Waals surface area contributed by atoms with Crippen LogP contribution >= 0.6 is 0 Å². The van der Waals surface area contributed by atoms with Crippen LogP contribution in [0.15, 0.2) is 34.9 Å². The van der Waals surface area contributed by atoms with Gasteiger partial charge in [0.15, 0.2) is 5.76 Å². The van der Waals surface area contributed by atoms with Gasteiger partial charge in [0.2, 0.25) is 0 Å². The highest BCUT2D eigenvalue weighted by Gasteiger charge is 2.22. The van der Waals surface area contributed by atoms with E-state index in [2.05, 4.69) is 29.2 Å². The first kappa shape index (κ1) is 9.60. The molecule has 1 aliphatic rings. The van der Waals surface area contributed by atoms with Crippen molar-refractivity contribution in [2.45, 2.75) is 13.0 Å². The molecule has 82 valence electrons. The summed E-state index contributed by atoms with van der Waals surface area (Å²) in [4.78, 5) is 2.30. The molecule has 3 rings (SSSR count). The zero-order valence-corrected chi connectivity index (χ0v) is 9.31. The van der Waals surface area contributed by atoms with Gasteiger partial charge in [0.05, 0.1) is 5.69 Å². The van der Waals surface area contributed by atoms with Crippen LogP contribution in [0.2, 0.25) is 0 Å². The summed E-state index contributed by atoms with van der Waals surface area (Å²) in [5.41, 5.74) is 3.49. The second-order valence-electron chi connectivity index (χ2n) is 4.29. The molecule has 16 heavy (non-hydrogen) atoms. The van der Waals surface area contributed by atoms with Gasteiger partial charge >= 0.3 is 0 Å². The largest absolute Gasteiger partial charge is 0.356 e. The number of fused-ring (bicyclic) bond motifs is 1. The molecule has 1 aliphatic heterocycles. The molecule has 0 unspecified atom stereocenters. The summed E-state index contributed by atoms with van der Waals surface area (Å²) in [6.07, 6.45) is 0.988. The minimum absolute atomic E-state index is 0.933. The second-order valence-corrected chi connectivity index (χ2v) is 4.29. The molecule has 0 saturated carbocycles. The fourth-order valence-electron chi connectivity index (χ4n) is 2.16. The van der Waals surface area contributed by atoms with Crippen molar-refractivity contribution in [2.75, 3.05) is 13.6 Å². The van der Waals surface area contributed by atoms with Gasteiger partial charge in [-0.3, -0.25) is 0 Å². The van der Waals surface area contributed by atoms with Crippen molar-refractivity contribution >= 4 is 0 Å². The first-order valence-electron chi connectivity index (χ1n) is 5.56. The molecule has 0 saturated heterocycles. The Bertz CT molecular complexity index is 490. The molecule has 3 heteroatoms. The number of hydrogen-bond acceptors (Lipinski definition) is 3. The number of hydrogen-bond donors (Lipinski definition) is 0. The van der Waals surface area contributed by atoms with Crippen LogP contribution in [-0.2, 0) is 13.0 Å². The predicted molar refractivity (Wildman–Crippen MR) is 62.0 cm³/mol. The van der Waals surface area contributed by atoms with Crippen molar-refractivity contribution in [3.05, 3.63) is 41.6 Å². The summed E-state index contributed by atoms with van der Waals surface area (Å²) in [7, 11) is 2.13. The van der Waals surface area contributed by atoms with Crippen LogP contribution in [0, 0.1) is 0 Å². The van der Waals surface area contributed by atoms with E-state index >= 15 is 0 Å². The highest BCUT2D eigenvalue weighted by atomic mass is 16.5. The lowest BCUT2D eigenvalue weighted by Crippen LogP contribution is -2.26. The van der Waals surface area contributed by atoms with Crippen LogP contribution in [0.5, 0.6) is 0 Å². The number of nitrogens with zero attached hydrogens (tertiary/aromatic N) is 2. The Morgan fingerprint density at radius 3 is 2.88 bits per heavy atom. The third-order valence-corrected chi connectivity index (χ3v) is 3.06. The summed E-state index contributed by atoms with van der Waals surface area (Å²) in [5.74, 6) is 0.933. The molecule has 0 bridgehead atoms. The Kier molecular flexibility index (Phi) is 2.26. The van der Waals surface area contributed by atoms with Gasteiger partial charge in [0, 0.05) is 30.6 Å². The quantitative estimate of drug-likeness (QED) is 0.729. The van der Waals surface area contributed by atoms with Gasteiger partial charge in [-0.05, 0) is 7.05 Å². The molecule has 1 aromatic carbocycles. The minimum Gasteiger partial charge on any atom is -0.356 e. The maximum absolute atomic E-state index is 5.48. The maximum atomic E-state index is 5.48. The number of likely N-dealkylation sites (N-methyl/N-ethyl adjacent to an activating group) is 1. The lowest BCUT2D eigenvalue weighted by atomic mass is 10.0. The van der Waals surface area contributed by atoms with Crippen LogP contribution < -0.4 is 0 Å². The van der Waals surface area contributed by atoms with Crippen molar-refractivity contribution < 1.29 is 4.52 Å². The molecule has 2 heterocycles. The van der Waals surface area contributed by atoms with E-state index in [4.69, 9.17) is 4.52 Å². The van der Waals surface area contributed by atoms with E-state index in [0.717, 1.165) is 36.5 Å². The second kappa shape index (κ2) is 3.76. The Morgan fingerprint density at radius 2 is 2.06 bits per heavy atom. The van der Waals surface area contributed by atoms with Crippen LogP contribution in [0.25, 0.3) is 11.3 Å². The average Bonchev–Trinajstić information content (AvgIpc) is 2.73. The van der Waals surface area contributed by atoms with E-state index in [1.165, 1.54) is 5.56 Å². The van der Waals surface area contributed by atoms with Gasteiger partial charge < -0.3 is 9.42 Å². The first-order chi connectivity index (χ1) is 7.84. The summed E-state index contributed by atoms with van der Waals surface area (Å²) >= 11 is 0. The van der Waals surface area contributed by atoms with Gasteiger partial charge in [-0.25, -0.2) is 0 Å². The van der Waals surface area contributed by atoms with E-state index in [1.807, 2.05) is 18.2 Å². The molecule has 0 atom stereocenters. The highest BCUT2D eigenvalue weighted by molar-refractivity contribution is 5.62. The van der Waals surface area contributed by atoms with Crippen LogP contribution in [0.3, 0.4) is 0 Å². The predicted octanol–water partition coefficient (Wildman–Crippen LogP) is 2.33. The molecule has 0 amide bonds. The summed E-state index contributed by atoms with van der Waals surface area (Å²) in [6, 6.07) is 10.2. The van der Waals surface area contributed by atoms with E-state index in [0.29, 0.717) is 0 Å². The van der Waals surface area contributed by atoms with Gasteiger partial charge in [-0.1, -0.05) is 35.5 Å². The fourth-order valence-corrected chi connectivity index (χ4v) is 2.16. The monoisotopic (exact) mass is 214 g/mol. The minimum atomic E-state index is 0.933. The summed E-state index contributed by atoms with van der Waals surface area (Å²) in [6.45, 7) is 2.00. The molecule has 0 spiro atoms. The average molecular weight is 214 g/mol. The van der Waals surface area contributed by atoms with E-state index in [-0.39, 0.29) is 0 Å². The van der Waals surface area contributed by atoms with Gasteiger partial charge in [-0.15, -0.1) is 0 Å². The van der Waals surface area contributed by atoms with Gasteiger partial charge in [-0.2, -0.15) is 0 Å². The maximum Gasteiger partial charge on any atom is 0.171 e. The van der Waals surface area contributed by atoms with Crippen molar-refractivity contribution in [2.24, 2.45) is 0 Å². The van der Waals surface area contributed by atoms with Crippen molar-refractivity contribution in [1.29, 1.82) is 0 Å². The SMILES string of the molecule is CN1CCc2noc(-c3ccccc3)c2C1. The lowest BCUT2D eigenvalue weighted by Gasteiger charge is -2.21. The Labute approximate surface area is 94.7 Å². The normalized spacial score (nSPS) is 16.1. The van der Waals surface area contributed by atoms with Crippen LogP contribution in [0.1, 0.15) is 11.3 Å². The van der Waals surface area contributed by atoms with E-state index in [9.17, 15) is 0 Å². The third-order valence-electron chi connectivity index (χ3n) is 3.06. The molecule has 2 aromatic rings. The topological polar surface area (TPSA) is 29.3 Å². The third kappa shape index (κ3) is 1.53. The van der Waals surface area contributed by atoms with Crippen molar-refractivity contribution in [3.8, 4) is 11.3 Å². The Hall–Kier alpha value is -1.61. The summed E-state index contributed by atoms with van der Waals surface area (Å²) < 4.78 is 5.48. The molecule has 0 aliphatic carbocycles. The fraction of sp³-hybridized carbons (Fsp3) is 0.308. The number of aromatic nitrogens is 1. The lowest BCUT2D eigenvalue weighted by molar-refractivity contribution is 0.311. The number of rotatable bonds is 1. The molecule has 3 nitrogen and oxygen atoms in total. The molecule has 0 N–H and O–H groups in total. The zero-order chi connectivity index (χ0) is 11.0. The zero-order valence-electron chi connectivity index (χ0n) is 9.31.